The minimum Gasteiger partial charge on any atom is -0.481 e. The predicted molar refractivity (Wildman–Crippen MR) is 98.3 cm³/mol. The van der Waals surface area contributed by atoms with Crippen LogP contribution in [0.5, 0.6) is 0 Å². The first-order valence-electron chi connectivity index (χ1n) is 7.88. The van der Waals surface area contributed by atoms with Crippen molar-refractivity contribution in [3.05, 3.63) is 65.5 Å². The lowest BCUT2D eigenvalue weighted by molar-refractivity contribution is -0.133. The normalized spacial score (nSPS) is 11.8. The molecule has 4 nitrogen and oxygen atoms in total. The molecular weight excluding hydrogens is 341 g/mol. The van der Waals surface area contributed by atoms with Gasteiger partial charge in [0.05, 0.1) is 5.75 Å². The molecule has 0 fully saturated rings. The lowest BCUT2D eigenvalue weighted by atomic mass is 9.97. The van der Waals surface area contributed by atoms with Crippen LogP contribution in [0.2, 0.25) is 0 Å². The van der Waals surface area contributed by atoms with Crippen molar-refractivity contribution in [1.82, 2.24) is 0 Å². The molecule has 0 aliphatic heterocycles. The summed E-state index contributed by atoms with van der Waals surface area (Å²) in [6.07, 6.45) is 0.295. The standard InChI is InChI=1S/C19H20FNO3S/c1-13(15-5-7-16(20)8-6-15)9-18(22)21-17-4-2-3-14(10-17)11-25-12-19(23)24/h2-8,10,13H,9,11-12H2,1H3,(H,21,22)(H,23,24). The minimum absolute atomic E-state index is 0.0186. The van der Waals surface area contributed by atoms with E-state index in [1.54, 1.807) is 18.2 Å². The summed E-state index contributed by atoms with van der Waals surface area (Å²) in [6.45, 7) is 1.92. The average molecular weight is 361 g/mol. The van der Waals surface area contributed by atoms with Crippen LogP contribution in [-0.4, -0.2) is 22.7 Å². The molecule has 25 heavy (non-hydrogen) atoms. The van der Waals surface area contributed by atoms with Gasteiger partial charge in [-0.15, -0.1) is 11.8 Å². The van der Waals surface area contributed by atoms with Gasteiger partial charge >= 0.3 is 5.97 Å². The molecular formula is C19H20FNO3S. The quantitative estimate of drug-likeness (QED) is 0.737. The first-order valence-corrected chi connectivity index (χ1v) is 9.03. The number of benzene rings is 2. The third kappa shape index (κ3) is 6.58. The summed E-state index contributed by atoms with van der Waals surface area (Å²) in [5.74, 6) is -0.655. The number of carbonyl (C=O) groups excluding carboxylic acids is 1. The molecule has 0 saturated carbocycles. The maximum atomic E-state index is 13.0. The Morgan fingerprint density at radius 1 is 1.20 bits per heavy atom. The van der Waals surface area contributed by atoms with E-state index in [9.17, 15) is 14.0 Å². The summed E-state index contributed by atoms with van der Waals surface area (Å²) >= 11 is 1.31. The maximum absolute atomic E-state index is 13.0. The number of hydrogen-bond acceptors (Lipinski definition) is 3. The van der Waals surface area contributed by atoms with Crippen molar-refractivity contribution in [3.8, 4) is 0 Å². The molecule has 1 unspecified atom stereocenters. The smallest absolute Gasteiger partial charge is 0.313 e. The van der Waals surface area contributed by atoms with Crippen molar-refractivity contribution < 1.29 is 19.1 Å². The van der Waals surface area contributed by atoms with E-state index < -0.39 is 5.97 Å². The van der Waals surface area contributed by atoms with Crippen LogP contribution in [0.25, 0.3) is 0 Å². The molecule has 2 aromatic carbocycles. The van der Waals surface area contributed by atoms with Crippen molar-refractivity contribution in [3.63, 3.8) is 0 Å². The molecule has 0 aliphatic rings. The van der Waals surface area contributed by atoms with Gasteiger partial charge in [-0.1, -0.05) is 31.2 Å². The number of carbonyl (C=O) groups is 2. The lowest BCUT2D eigenvalue weighted by Crippen LogP contribution is -2.14. The number of amides is 1. The van der Waals surface area contributed by atoms with E-state index in [0.29, 0.717) is 17.9 Å². The van der Waals surface area contributed by atoms with E-state index in [0.717, 1.165) is 11.1 Å². The van der Waals surface area contributed by atoms with Crippen LogP contribution in [-0.2, 0) is 15.3 Å². The van der Waals surface area contributed by atoms with E-state index in [1.165, 1.54) is 23.9 Å². The highest BCUT2D eigenvalue weighted by molar-refractivity contribution is 7.99. The maximum Gasteiger partial charge on any atom is 0.313 e. The Kier molecular flexibility index (Phi) is 7.01. The highest BCUT2D eigenvalue weighted by Crippen LogP contribution is 2.21. The molecule has 1 atom stereocenters. The molecule has 2 rings (SSSR count). The fourth-order valence-electron chi connectivity index (χ4n) is 2.39. The van der Waals surface area contributed by atoms with Crippen molar-refractivity contribution in [2.24, 2.45) is 0 Å². The molecule has 0 spiro atoms. The zero-order chi connectivity index (χ0) is 18.2. The Labute approximate surface area is 150 Å². The number of aliphatic carboxylic acids is 1. The topological polar surface area (TPSA) is 66.4 Å². The van der Waals surface area contributed by atoms with Crippen LogP contribution >= 0.6 is 11.8 Å². The lowest BCUT2D eigenvalue weighted by Gasteiger charge is -2.12. The molecule has 0 aliphatic carbocycles. The summed E-state index contributed by atoms with van der Waals surface area (Å²) in [4.78, 5) is 22.8. The van der Waals surface area contributed by atoms with Crippen LogP contribution in [0, 0.1) is 5.82 Å². The number of rotatable bonds is 8. The van der Waals surface area contributed by atoms with Crippen LogP contribution in [0.15, 0.2) is 48.5 Å². The van der Waals surface area contributed by atoms with E-state index >= 15 is 0 Å². The Hall–Kier alpha value is -2.34. The van der Waals surface area contributed by atoms with Gasteiger partial charge in [-0.2, -0.15) is 0 Å². The van der Waals surface area contributed by atoms with Gasteiger partial charge in [-0.3, -0.25) is 9.59 Å². The third-order valence-corrected chi connectivity index (χ3v) is 4.62. The molecule has 6 heteroatoms. The summed E-state index contributed by atoms with van der Waals surface area (Å²) < 4.78 is 13.0. The molecule has 0 radical (unpaired) electrons. The van der Waals surface area contributed by atoms with Crippen molar-refractivity contribution in [1.29, 1.82) is 0 Å². The molecule has 2 N–H and O–H groups in total. The van der Waals surface area contributed by atoms with Gasteiger partial charge in [-0.05, 0) is 41.3 Å². The van der Waals surface area contributed by atoms with E-state index in [-0.39, 0.29) is 23.4 Å². The average Bonchev–Trinajstić information content (AvgIpc) is 2.55. The fourth-order valence-corrected chi connectivity index (χ4v) is 3.09. The summed E-state index contributed by atoms with van der Waals surface area (Å²) in [5, 5.41) is 11.5. The molecule has 2 aromatic rings. The van der Waals surface area contributed by atoms with Crippen LogP contribution in [0.4, 0.5) is 10.1 Å². The monoisotopic (exact) mass is 361 g/mol. The zero-order valence-electron chi connectivity index (χ0n) is 13.9. The van der Waals surface area contributed by atoms with E-state index in [2.05, 4.69) is 5.32 Å². The third-order valence-electron chi connectivity index (χ3n) is 3.64. The molecule has 1 amide bonds. The number of halogens is 1. The van der Waals surface area contributed by atoms with E-state index in [4.69, 9.17) is 5.11 Å². The molecule has 0 heterocycles. The SMILES string of the molecule is CC(CC(=O)Nc1cccc(CSCC(=O)O)c1)c1ccc(F)cc1. The van der Waals surface area contributed by atoms with Crippen molar-refractivity contribution in [2.45, 2.75) is 25.0 Å². The number of carboxylic acids is 1. The van der Waals surface area contributed by atoms with Crippen LogP contribution < -0.4 is 5.32 Å². The number of anilines is 1. The van der Waals surface area contributed by atoms with E-state index in [1.807, 2.05) is 25.1 Å². The highest BCUT2D eigenvalue weighted by atomic mass is 32.2. The number of carboxylic acid groups (broad SMARTS) is 1. The first-order chi connectivity index (χ1) is 11.9. The number of thioether (sulfide) groups is 1. The summed E-state index contributed by atoms with van der Waals surface area (Å²) in [7, 11) is 0. The molecule has 0 saturated heterocycles. The zero-order valence-corrected chi connectivity index (χ0v) is 14.7. The number of nitrogens with one attached hydrogen (secondary N) is 1. The Balaban J connectivity index is 1.89. The Bertz CT molecular complexity index is 734. The van der Waals surface area contributed by atoms with Gasteiger partial charge in [0.25, 0.3) is 0 Å². The van der Waals surface area contributed by atoms with Gasteiger partial charge in [0.2, 0.25) is 5.91 Å². The largest absolute Gasteiger partial charge is 0.481 e. The minimum atomic E-state index is -0.843. The molecule has 0 aromatic heterocycles. The Morgan fingerprint density at radius 3 is 2.60 bits per heavy atom. The van der Waals surface area contributed by atoms with Gasteiger partial charge in [0, 0.05) is 17.9 Å². The highest BCUT2D eigenvalue weighted by Gasteiger charge is 2.12. The second-order valence-electron chi connectivity index (χ2n) is 5.79. The van der Waals surface area contributed by atoms with Crippen molar-refractivity contribution in [2.75, 3.05) is 11.1 Å². The van der Waals surface area contributed by atoms with Crippen LogP contribution in [0.1, 0.15) is 30.4 Å². The molecule has 132 valence electrons. The second kappa shape index (κ2) is 9.22. The second-order valence-corrected chi connectivity index (χ2v) is 6.78. The van der Waals surface area contributed by atoms with Gasteiger partial charge in [-0.25, -0.2) is 4.39 Å². The summed E-state index contributed by atoms with van der Waals surface area (Å²) in [6, 6.07) is 13.5. The van der Waals surface area contributed by atoms with Gasteiger partial charge in [0.1, 0.15) is 5.82 Å². The predicted octanol–water partition coefficient (Wildman–Crippen LogP) is 4.28. The summed E-state index contributed by atoms with van der Waals surface area (Å²) in [5.41, 5.74) is 2.55. The number of hydrogen-bond donors (Lipinski definition) is 2. The van der Waals surface area contributed by atoms with Crippen LogP contribution in [0.3, 0.4) is 0 Å². The Morgan fingerprint density at radius 2 is 1.92 bits per heavy atom. The molecule has 0 bridgehead atoms. The van der Waals surface area contributed by atoms with Crippen molar-refractivity contribution >= 4 is 29.3 Å². The first kappa shape index (κ1) is 19.0. The van der Waals surface area contributed by atoms with Gasteiger partial charge < -0.3 is 10.4 Å². The van der Waals surface area contributed by atoms with Gasteiger partial charge in [0.15, 0.2) is 0 Å². The fraction of sp³-hybridized carbons (Fsp3) is 0.263.